The van der Waals surface area contributed by atoms with Crippen molar-refractivity contribution in [2.24, 2.45) is 0 Å². The van der Waals surface area contributed by atoms with Crippen LogP contribution in [-0.2, 0) is 17.5 Å². The fourth-order valence-corrected chi connectivity index (χ4v) is 0.888. The summed E-state index contributed by atoms with van der Waals surface area (Å²) in [5.41, 5.74) is -0.334. The molecule has 0 aliphatic heterocycles. The molecule has 0 fully saturated rings. The maximum absolute atomic E-state index is 12.1. The van der Waals surface area contributed by atoms with Gasteiger partial charge in [0.25, 0.3) is 0 Å². The van der Waals surface area contributed by atoms with Crippen molar-refractivity contribution in [1.82, 2.24) is 4.98 Å². The molecule has 1 aromatic heterocycles. The third-order valence-electron chi connectivity index (χ3n) is 1.43. The zero-order valence-corrected chi connectivity index (χ0v) is 6.93. The lowest BCUT2D eigenvalue weighted by Gasteiger charge is -2.06. The van der Waals surface area contributed by atoms with E-state index in [-0.39, 0.29) is 6.61 Å². The molecule has 72 valence electrons. The van der Waals surface area contributed by atoms with Crippen molar-refractivity contribution in [3.63, 3.8) is 0 Å². The van der Waals surface area contributed by atoms with Crippen LogP contribution in [0.5, 0.6) is 0 Å². The molecule has 1 rings (SSSR count). The standard InChI is InChI=1S/C8H8F3NO/c1-13-5-6-2-7(4-12-3-6)8(9,10)11/h2-4H,5H2,1H3. The van der Waals surface area contributed by atoms with E-state index in [0.717, 1.165) is 12.3 Å². The molecule has 0 amide bonds. The summed E-state index contributed by atoms with van der Waals surface area (Å²) >= 11 is 0. The molecule has 0 N–H and O–H groups in total. The number of halogens is 3. The van der Waals surface area contributed by atoms with E-state index in [1.807, 2.05) is 0 Å². The van der Waals surface area contributed by atoms with Crippen molar-refractivity contribution in [2.45, 2.75) is 12.8 Å². The van der Waals surface area contributed by atoms with Gasteiger partial charge in [-0.2, -0.15) is 13.2 Å². The average molecular weight is 191 g/mol. The molecule has 0 saturated carbocycles. The number of aromatic nitrogens is 1. The molecule has 5 heteroatoms. The third-order valence-corrected chi connectivity index (χ3v) is 1.43. The molecule has 0 aliphatic carbocycles. The number of hydrogen-bond donors (Lipinski definition) is 0. The predicted molar refractivity (Wildman–Crippen MR) is 40.0 cm³/mol. The minimum absolute atomic E-state index is 0.136. The number of rotatable bonds is 2. The first-order chi connectivity index (χ1) is 6.04. The zero-order chi connectivity index (χ0) is 9.90. The van der Waals surface area contributed by atoms with Crippen LogP contribution < -0.4 is 0 Å². The van der Waals surface area contributed by atoms with Gasteiger partial charge >= 0.3 is 6.18 Å². The molecule has 13 heavy (non-hydrogen) atoms. The van der Waals surface area contributed by atoms with Crippen LogP contribution in [0.3, 0.4) is 0 Å². The Morgan fingerprint density at radius 3 is 2.62 bits per heavy atom. The lowest BCUT2D eigenvalue weighted by molar-refractivity contribution is -0.137. The van der Waals surface area contributed by atoms with Gasteiger partial charge < -0.3 is 4.74 Å². The van der Waals surface area contributed by atoms with Gasteiger partial charge in [-0.25, -0.2) is 0 Å². The molecule has 0 unspecified atom stereocenters. The fourth-order valence-electron chi connectivity index (χ4n) is 0.888. The largest absolute Gasteiger partial charge is 0.417 e. The summed E-state index contributed by atoms with van der Waals surface area (Å²) < 4.78 is 41.1. The zero-order valence-electron chi connectivity index (χ0n) is 6.93. The Balaban J connectivity index is 2.92. The Bertz CT molecular complexity index is 285. The lowest BCUT2D eigenvalue weighted by atomic mass is 10.2. The van der Waals surface area contributed by atoms with Crippen molar-refractivity contribution in [3.8, 4) is 0 Å². The second kappa shape index (κ2) is 3.74. The second-order valence-electron chi connectivity index (χ2n) is 2.51. The first-order valence-corrected chi connectivity index (χ1v) is 3.54. The molecule has 2 nitrogen and oxygen atoms in total. The molecular formula is C8H8F3NO. The van der Waals surface area contributed by atoms with Crippen LogP contribution >= 0.6 is 0 Å². The van der Waals surface area contributed by atoms with Crippen molar-refractivity contribution >= 4 is 0 Å². The van der Waals surface area contributed by atoms with Crippen LogP contribution in [0, 0.1) is 0 Å². The monoisotopic (exact) mass is 191 g/mol. The van der Waals surface area contributed by atoms with Crippen LogP contribution in [0.2, 0.25) is 0 Å². The molecule has 0 aliphatic rings. The van der Waals surface area contributed by atoms with Gasteiger partial charge in [0.05, 0.1) is 12.2 Å². The molecule has 0 saturated heterocycles. The van der Waals surface area contributed by atoms with Crippen LogP contribution in [0.4, 0.5) is 13.2 Å². The number of methoxy groups -OCH3 is 1. The minimum Gasteiger partial charge on any atom is -0.380 e. The molecule has 0 atom stereocenters. The number of pyridine rings is 1. The molecule has 0 bridgehead atoms. The van der Waals surface area contributed by atoms with Crippen LogP contribution in [-0.4, -0.2) is 12.1 Å². The van der Waals surface area contributed by atoms with E-state index >= 15 is 0 Å². The van der Waals surface area contributed by atoms with E-state index in [2.05, 4.69) is 9.72 Å². The van der Waals surface area contributed by atoms with E-state index in [1.54, 1.807) is 0 Å². The summed E-state index contributed by atoms with van der Waals surface area (Å²) in [5.74, 6) is 0. The Morgan fingerprint density at radius 1 is 1.38 bits per heavy atom. The van der Waals surface area contributed by atoms with Gasteiger partial charge in [-0.15, -0.1) is 0 Å². The van der Waals surface area contributed by atoms with E-state index in [0.29, 0.717) is 5.56 Å². The molecular weight excluding hydrogens is 183 g/mol. The Kier molecular flexibility index (Phi) is 2.87. The highest BCUT2D eigenvalue weighted by Crippen LogP contribution is 2.28. The van der Waals surface area contributed by atoms with Crippen molar-refractivity contribution in [1.29, 1.82) is 0 Å². The van der Waals surface area contributed by atoms with Crippen LogP contribution in [0.15, 0.2) is 18.5 Å². The summed E-state index contributed by atoms with van der Waals surface area (Å²) in [7, 11) is 1.42. The van der Waals surface area contributed by atoms with E-state index in [4.69, 9.17) is 0 Å². The maximum atomic E-state index is 12.1. The first kappa shape index (κ1) is 9.98. The summed E-state index contributed by atoms with van der Waals surface area (Å²) in [6, 6.07) is 1.02. The first-order valence-electron chi connectivity index (χ1n) is 3.54. The van der Waals surface area contributed by atoms with Gasteiger partial charge in [-0.1, -0.05) is 0 Å². The summed E-state index contributed by atoms with van der Waals surface area (Å²) in [6.07, 6.45) is -2.20. The van der Waals surface area contributed by atoms with Crippen molar-refractivity contribution in [2.75, 3.05) is 7.11 Å². The number of hydrogen-bond acceptors (Lipinski definition) is 2. The number of ether oxygens (including phenoxy) is 1. The predicted octanol–water partition coefficient (Wildman–Crippen LogP) is 2.25. The fraction of sp³-hybridized carbons (Fsp3) is 0.375. The van der Waals surface area contributed by atoms with Gasteiger partial charge in [-0.05, 0) is 11.6 Å². The quantitative estimate of drug-likeness (QED) is 0.715. The van der Waals surface area contributed by atoms with Crippen LogP contribution in [0.25, 0.3) is 0 Å². The third kappa shape index (κ3) is 2.69. The van der Waals surface area contributed by atoms with E-state index in [9.17, 15) is 13.2 Å². The summed E-state index contributed by atoms with van der Waals surface area (Å²) in [5, 5.41) is 0. The summed E-state index contributed by atoms with van der Waals surface area (Å²) in [4.78, 5) is 3.47. The number of nitrogens with zero attached hydrogens (tertiary/aromatic N) is 1. The van der Waals surface area contributed by atoms with Crippen molar-refractivity contribution in [3.05, 3.63) is 29.6 Å². The molecule has 0 radical (unpaired) electrons. The number of alkyl halides is 3. The minimum atomic E-state index is -4.34. The van der Waals surface area contributed by atoms with Gasteiger partial charge in [0, 0.05) is 19.5 Å². The van der Waals surface area contributed by atoms with Gasteiger partial charge in [-0.3, -0.25) is 4.98 Å². The maximum Gasteiger partial charge on any atom is 0.417 e. The average Bonchev–Trinajstić information content (AvgIpc) is 2.04. The Labute approximate surface area is 73.4 Å². The van der Waals surface area contributed by atoms with Crippen molar-refractivity contribution < 1.29 is 17.9 Å². The summed E-state index contributed by atoms with van der Waals surface area (Å²) in [6.45, 7) is 0.136. The normalized spacial score (nSPS) is 11.7. The van der Waals surface area contributed by atoms with E-state index < -0.39 is 11.7 Å². The lowest BCUT2D eigenvalue weighted by Crippen LogP contribution is -2.06. The SMILES string of the molecule is COCc1cncc(C(F)(F)F)c1. The topological polar surface area (TPSA) is 22.1 Å². The highest BCUT2D eigenvalue weighted by Gasteiger charge is 2.30. The molecule has 1 aromatic rings. The smallest absolute Gasteiger partial charge is 0.380 e. The molecule has 0 spiro atoms. The highest BCUT2D eigenvalue weighted by atomic mass is 19.4. The van der Waals surface area contributed by atoms with Crippen LogP contribution in [0.1, 0.15) is 11.1 Å². The van der Waals surface area contributed by atoms with Gasteiger partial charge in [0.2, 0.25) is 0 Å². The van der Waals surface area contributed by atoms with Gasteiger partial charge in [0.15, 0.2) is 0 Å². The second-order valence-corrected chi connectivity index (χ2v) is 2.51. The Morgan fingerprint density at radius 2 is 2.08 bits per heavy atom. The molecule has 0 aromatic carbocycles. The Hall–Kier alpha value is -1.10. The van der Waals surface area contributed by atoms with E-state index in [1.165, 1.54) is 13.3 Å². The molecule has 1 heterocycles. The van der Waals surface area contributed by atoms with Gasteiger partial charge in [0.1, 0.15) is 0 Å². The highest BCUT2D eigenvalue weighted by molar-refractivity contribution is 5.19.